The van der Waals surface area contributed by atoms with Gasteiger partial charge in [-0.25, -0.2) is 4.99 Å². The summed E-state index contributed by atoms with van der Waals surface area (Å²) in [6.45, 7) is 3.83. The predicted octanol–water partition coefficient (Wildman–Crippen LogP) is 3.68. The molecule has 2 N–H and O–H groups in total. The van der Waals surface area contributed by atoms with Crippen molar-refractivity contribution in [2.45, 2.75) is 52.5 Å². The van der Waals surface area contributed by atoms with Crippen LogP contribution in [0.2, 0.25) is 0 Å². The summed E-state index contributed by atoms with van der Waals surface area (Å²) in [5.74, 6) is -0.220. The summed E-state index contributed by atoms with van der Waals surface area (Å²) >= 11 is 0. The average molecular weight is 604 g/mol. The number of nitrogens with zero attached hydrogens (tertiary/aromatic N) is 5. The smallest absolute Gasteiger partial charge is 0.271 e. The van der Waals surface area contributed by atoms with Crippen LogP contribution in [0.5, 0.6) is 0 Å². The van der Waals surface area contributed by atoms with Crippen LogP contribution in [0.25, 0.3) is 11.0 Å². The monoisotopic (exact) mass is 603 g/mol. The second kappa shape index (κ2) is 14.2. The topological polar surface area (TPSA) is 140 Å². The Balaban J connectivity index is 0.00000442. The Morgan fingerprint density at radius 3 is 2.50 bits per heavy atom. The number of carbonyl (C=O) groups excluding carboxylic acids is 4. The third-order valence-corrected chi connectivity index (χ3v) is 7.61. The third-order valence-electron chi connectivity index (χ3n) is 7.61. The lowest BCUT2D eigenvalue weighted by molar-refractivity contribution is -0.140. The Morgan fingerprint density at radius 1 is 1.05 bits per heavy atom. The number of amides is 4. The van der Waals surface area contributed by atoms with Crippen molar-refractivity contribution < 1.29 is 23.6 Å². The van der Waals surface area contributed by atoms with Crippen LogP contribution in [-0.2, 0) is 9.59 Å². The van der Waals surface area contributed by atoms with Gasteiger partial charge in [-0.1, -0.05) is 7.43 Å². The quantitative estimate of drug-likeness (QED) is 0.324. The number of nitrogens with one attached hydrogen (secondary N) is 2. The highest BCUT2D eigenvalue weighted by Gasteiger charge is 2.30. The molecule has 44 heavy (non-hydrogen) atoms. The van der Waals surface area contributed by atoms with E-state index in [0.29, 0.717) is 18.7 Å². The molecule has 5 rings (SSSR count). The van der Waals surface area contributed by atoms with Gasteiger partial charge in [0.15, 0.2) is 0 Å². The zero-order chi connectivity index (χ0) is 30.5. The minimum absolute atomic E-state index is 0. The lowest BCUT2D eigenvalue weighted by Gasteiger charge is -2.25. The molecule has 4 amide bonds. The molecule has 2 aromatic heterocycles. The molecule has 2 saturated heterocycles. The minimum Gasteiger partial charge on any atom is -0.461 e. The Morgan fingerprint density at radius 2 is 1.80 bits per heavy atom. The van der Waals surface area contributed by atoms with Crippen molar-refractivity contribution in [3.63, 3.8) is 0 Å². The van der Waals surface area contributed by atoms with E-state index in [1.807, 2.05) is 30.0 Å². The van der Waals surface area contributed by atoms with E-state index >= 15 is 0 Å². The predicted molar refractivity (Wildman–Crippen MR) is 168 cm³/mol. The molecule has 1 aromatic carbocycles. The van der Waals surface area contributed by atoms with Crippen molar-refractivity contribution >= 4 is 46.2 Å². The van der Waals surface area contributed by atoms with Gasteiger partial charge in [-0.2, -0.15) is 0 Å². The zero-order valence-corrected chi connectivity index (χ0v) is 24.8. The van der Waals surface area contributed by atoms with Crippen molar-refractivity contribution in [2.24, 2.45) is 4.99 Å². The minimum atomic E-state index is -0.783. The van der Waals surface area contributed by atoms with Crippen molar-refractivity contribution in [1.82, 2.24) is 25.0 Å². The van der Waals surface area contributed by atoms with Crippen LogP contribution < -0.4 is 10.6 Å². The summed E-state index contributed by atoms with van der Waals surface area (Å²) in [5, 5.41) is 6.82. The van der Waals surface area contributed by atoms with Gasteiger partial charge < -0.3 is 24.4 Å². The van der Waals surface area contributed by atoms with Gasteiger partial charge in [0, 0.05) is 51.0 Å². The largest absolute Gasteiger partial charge is 0.461 e. The SMILES string of the molecule is C.Cc1cc2cc(NC(=NC3CCCCN(CC(=O)N4CCCC4)C3=O)NC(=O)c3ccc(C(=O)N(C)C)nc3)ccc2o1. The fourth-order valence-electron chi connectivity index (χ4n) is 5.30. The maximum Gasteiger partial charge on any atom is 0.271 e. The van der Waals surface area contributed by atoms with E-state index in [0.717, 1.165) is 55.5 Å². The van der Waals surface area contributed by atoms with E-state index in [2.05, 4.69) is 15.6 Å². The van der Waals surface area contributed by atoms with Crippen molar-refractivity contribution in [3.8, 4) is 0 Å². The number of rotatable bonds is 6. The van der Waals surface area contributed by atoms with Crippen LogP contribution in [0.4, 0.5) is 5.69 Å². The Labute approximate surface area is 257 Å². The summed E-state index contributed by atoms with van der Waals surface area (Å²) in [5.41, 5.74) is 1.79. The van der Waals surface area contributed by atoms with Gasteiger partial charge in [-0.05, 0) is 75.4 Å². The number of aromatic nitrogens is 1. The number of furan rings is 1. The number of aryl methyl sites for hydroxylation is 1. The molecule has 1 atom stereocenters. The normalized spacial score (nSPS) is 17.2. The first-order chi connectivity index (χ1) is 20.7. The standard InChI is InChI=1S/C31H37N7O5.CH4/c1-20-16-22-17-23(10-12-26(22)43-20)33-31(35-28(40)21-9-11-24(32-18-21)29(41)36(2)3)34-25-8-4-5-15-38(30(25)42)19-27(39)37-13-6-7-14-37;/h9-12,16-18,25H,4-8,13-15,19H2,1-3H3,(H2,33,34,35,40);1H4. The van der Waals surface area contributed by atoms with E-state index in [1.54, 1.807) is 25.1 Å². The lowest BCUT2D eigenvalue weighted by atomic mass is 10.1. The van der Waals surface area contributed by atoms with Gasteiger partial charge in [-0.3, -0.25) is 29.5 Å². The van der Waals surface area contributed by atoms with E-state index in [1.165, 1.54) is 23.2 Å². The van der Waals surface area contributed by atoms with E-state index < -0.39 is 11.9 Å². The van der Waals surface area contributed by atoms with E-state index in [4.69, 9.17) is 9.41 Å². The third kappa shape index (κ3) is 7.61. The van der Waals surface area contributed by atoms with Gasteiger partial charge >= 0.3 is 0 Å². The molecular formula is C32H41N7O5. The van der Waals surface area contributed by atoms with Crippen LogP contribution in [0.1, 0.15) is 66.1 Å². The molecule has 4 heterocycles. The summed E-state index contributed by atoms with van der Waals surface area (Å²) in [4.78, 5) is 65.6. The van der Waals surface area contributed by atoms with Crippen molar-refractivity contribution in [2.75, 3.05) is 45.6 Å². The van der Waals surface area contributed by atoms with Gasteiger partial charge in [0.25, 0.3) is 11.8 Å². The van der Waals surface area contributed by atoms with Crippen LogP contribution in [0, 0.1) is 6.92 Å². The highest BCUT2D eigenvalue weighted by Crippen LogP contribution is 2.23. The maximum absolute atomic E-state index is 13.6. The first-order valence-electron chi connectivity index (χ1n) is 14.6. The van der Waals surface area contributed by atoms with Crippen molar-refractivity contribution in [3.05, 3.63) is 59.6 Å². The average Bonchev–Trinajstić information content (AvgIpc) is 3.63. The first-order valence-corrected chi connectivity index (χ1v) is 14.6. The number of benzene rings is 1. The number of hydrogen-bond donors (Lipinski definition) is 2. The first kappa shape index (κ1) is 32.2. The molecule has 2 aliphatic rings. The molecule has 2 fully saturated rings. The number of guanidine groups is 1. The van der Waals surface area contributed by atoms with Crippen LogP contribution in [0.15, 0.2) is 52.0 Å². The van der Waals surface area contributed by atoms with Crippen LogP contribution in [0.3, 0.4) is 0 Å². The number of fused-ring (bicyclic) bond motifs is 1. The number of anilines is 1. The number of pyridine rings is 1. The number of carbonyl (C=O) groups is 4. The van der Waals surface area contributed by atoms with Crippen LogP contribution >= 0.6 is 0 Å². The number of hydrogen-bond acceptors (Lipinski definition) is 7. The Hall–Kier alpha value is -4.74. The Kier molecular flexibility index (Phi) is 10.4. The molecular weight excluding hydrogens is 562 g/mol. The molecule has 0 aliphatic carbocycles. The highest BCUT2D eigenvalue weighted by atomic mass is 16.3. The molecule has 2 aliphatic heterocycles. The zero-order valence-electron chi connectivity index (χ0n) is 24.8. The summed E-state index contributed by atoms with van der Waals surface area (Å²) < 4.78 is 5.68. The molecule has 0 radical (unpaired) electrons. The molecule has 0 bridgehead atoms. The van der Waals surface area contributed by atoms with Gasteiger partial charge in [0.05, 0.1) is 12.1 Å². The number of likely N-dealkylation sites (tertiary alicyclic amines) is 2. The molecule has 12 nitrogen and oxygen atoms in total. The number of aliphatic imine (C=N–C) groups is 1. The second-order valence-electron chi connectivity index (χ2n) is 11.2. The maximum atomic E-state index is 13.6. The van der Waals surface area contributed by atoms with E-state index in [9.17, 15) is 19.2 Å². The summed E-state index contributed by atoms with van der Waals surface area (Å²) in [6, 6.07) is 9.60. The van der Waals surface area contributed by atoms with E-state index in [-0.39, 0.29) is 48.9 Å². The molecule has 12 heteroatoms. The molecule has 1 unspecified atom stereocenters. The van der Waals surface area contributed by atoms with Gasteiger partial charge in [0.1, 0.15) is 23.1 Å². The van der Waals surface area contributed by atoms with Crippen LogP contribution in [-0.4, -0.2) is 95.6 Å². The second-order valence-corrected chi connectivity index (χ2v) is 11.2. The fraction of sp³-hybridized carbons (Fsp3) is 0.438. The highest BCUT2D eigenvalue weighted by molar-refractivity contribution is 6.11. The molecule has 0 spiro atoms. The van der Waals surface area contributed by atoms with Gasteiger partial charge in [0.2, 0.25) is 17.8 Å². The molecule has 234 valence electrons. The summed E-state index contributed by atoms with van der Waals surface area (Å²) in [6.07, 6.45) is 5.29. The Bertz CT molecular complexity index is 1540. The lowest BCUT2D eigenvalue weighted by Crippen LogP contribution is -2.45. The van der Waals surface area contributed by atoms with Gasteiger partial charge in [-0.15, -0.1) is 0 Å². The fourth-order valence-corrected chi connectivity index (χ4v) is 5.30. The molecule has 0 saturated carbocycles. The molecule has 3 aromatic rings. The summed E-state index contributed by atoms with van der Waals surface area (Å²) in [7, 11) is 3.25. The van der Waals surface area contributed by atoms with Crippen molar-refractivity contribution in [1.29, 1.82) is 0 Å².